The van der Waals surface area contributed by atoms with Gasteiger partial charge in [0, 0.05) is 29.0 Å². The second-order valence-electron chi connectivity index (χ2n) is 3.86. The number of likely N-dealkylation sites (N-methyl/N-ethyl adjacent to an activating group) is 1. The molecule has 0 fully saturated rings. The van der Waals surface area contributed by atoms with Crippen LogP contribution in [-0.4, -0.2) is 23.0 Å². The minimum absolute atomic E-state index is 0. The third-order valence-corrected chi connectivity index (χ3v) is 4.40. The Bertz CT molecular complexity index is 442. The van der Waals surface area contributed by atoms with Crippen molar-refractivity contribution in [2.75, 3.05) is 18.8 Å². The van der Waals surface area contributed by atoms with Crippen LogP contribution < -0.4 is 5.73 Å². The average molecular weight is 304 g/mol. The fourth-order valence-corrected chi connectivity index (χ4v) is 3.11. The lowest BCUT2D eigenvalue weighted by Gasteiger charge is -2.18. The molecule has 0 aliphatic rings. The Balaban J connectivity index is 0.00000162. The molecule has 0 aliphatic heterocycles. The zero-order valence-corrected chi connectivity index (χ0v) is 12.8. The number of rotatable bonds is 6. The Morgan fingerprint density at radius 2 is 2.22 bits per heavy atom. The highest BCUT2D eigenvalue weighted by Crippen LogP contribution is 2.17. The first-order valence-electron chi connectivity index (χ1n) is 5.73. The van der Waals surface area contributed by atoms with Crippen molar-refractivity contribution in [3.05, 3.63) is 33.5 Å². The largest absolute Gasteiger partial charge is 0.375 e. The first-order chi connectivity index (χ1) is 8.28. The van der Waals surface area contributed by atoms with E-state index in [1.807, 2.05) is 17.5 Å². The molecule has 0 saturated heterocycles. The van der Waals surface area contributed by atoms with Crippen LogP contribution in [0, 0.1) is 0 Å². The van der Waals surface area contributed by atoms with E-state index in [2.05, 4.69) is 34.3 Å². The molecule has 2 aromatic rings. The smallest absolute Gasteiger partial charge is 0.180 e. The second-order valence-corrected chi connectivity index (χ2v) is 6.04. The van der Waals surface area contributed by atoms with E-state index >= 15 is 0 Å². The van der Waals surface area contributed by atoms with Crippen molar-refractivity contribution in [1.29, 1.82) is 0 Å². The number of halogens is 1. The van der Waals surface area contributed by atoms with Gasteiger partial charge in [-0.3, -0.25) is 4.90 Å². The maximum atomic E-state index is 5.64. The average Bonchev–Trinajstić information content (AvgIpc) is 2.96. The molecule has 0 unspecified atom stereocenters. The van der Waals surface area contributed by atoms with Gasteiger partial charge in [-0.25, -0.2) is 4.98 Å². The van der Waals surface area contributed by atoms with Gasteiger partial charge >= 0.3 is 0 Å². The van der Waals surface area contributed by atoms with Gasteiger partial charge in [0.2, 0.25) is 0 Å². The highest BCUT2D eigenvalue weighted by atomic mass is 35.5. The maximum absolute atomic E-state index is 5.64. The topological polar surface area (TPSA) is 42.2 Å². The molecule has 2 rings (SSSR count). The van der Waals surface area contributed by atoms with Crippen LogP contribution in [0.15, 0.2) is 23.7 Å². The highest BCUT2D eigenvalue weighted by molar-refractivity contribution is 7.15. The summed E-state index contributed by atoms with van der Waals surface area (Å²) in [6.07, 6.45) is 3.01. The molecule has 6 heteroatoms. The number of hydrogen-bond acceptors (Lipinski definition) is 5. The summed E-state index contributed by atoms with van der Waals surface area (Å²) < 4.78 is 0. The van der Waals surface area contributed by atoms with Crippen molar-refractivity contribution in [2.24, 2.45) is 0 Å². The van der Waals surface area contributed by atoms with Gasteiger partial charge < -0.3 is 5.73 Å². The summed E-state index contributed by atoms with van der Waals surface area (Å²) in [5.41, 5.74) is 5.64. The molecule has 0 saturated carbocycles. The van der Waals surface area contributed by atoms with Crippen molar-refractivity contribution in [2.45, 2.75) is 19.9 Å². The fraction of sp³-hybridized carbons (Fsp3) is 0.417. The van der Waals surface area contributed by atoms with E-state index in [1.54, 1.807) is 11.3 Å². The monoisotopic (exact) mass is 303 g/mol. The molecule has 0 aromatic carbocycles. The van der Waals surface area contributed by atoms with Crippen LogP contribution >= 0.6 is 35.1 Å². The van der Waals surface area contributed by atoms with Crippen LogP contribution in [0.5, 0.6) is 0 Å². The Morgan fingerprint density at radius 3 is 2.78 bits per heavy atom. The molecule has 0 bridgehead atoms. The van der Waals surface area contributed by atoms with Crippen molar-refractivity contribution >= 4 is 40.2 Å². The third-order valence-electron chi connectivity index (χ3n) is 2.65. The van der Waals surface area contributed by atoms with E-state index in [0.29, 0.717) is 5.13 Å². The quantitative estimate of drug-likeness (QED) is 0.890. The Kier molecular flexibility index (Phi) is 6.63. The molecule has 100 valence electrons. The van der Waals surface area contributed by atoms with Gasteiger partial charge in [-0.2, -0.15) is 0 Å². The van der Waals surface area contributed by atoms with Crippen LogP contribution in [0.3, 0.4) is 0 Å². The maximum Gasteiger partial charge on any atom is 0.180 e. The molecule has 0 aliphatic carbocycles. The number of aromatic nitrogens is 1. The number of nitrogen functional groups attached to an aromatic ring is 1. The third kappa shape index (κ3) is 4.57. The van der Waals surface area contributed by atoms with E-state index in [1.165, 1.54) is 9.75 Å². The number of thiophene rings is 1. The zero-order chi connectivity index (χ0) is 12.1. The Morgan fingerprint density at radius 1 is 1.39 bits per heavy atom. The highest BCUT2D eigenvalue weighted by Gasteiger charge is 2.06. The Hall–Kier alpha value is -0.620. The van der Waals surface area contributed by atoms with E-state index in [-0.39, 0.29) is 12.4 Å². The first-order valence-corrected chi connectivity index (χ1v) is 7.42. The van der Waals surface area contributed by atoms with Crippen LogP contribution in [0.4, 0.5) is 5.13 Å². The first kappa shape index (κ1) is 15.4. The summed E-state index contributed by atoms with van der Waals surface area (Å²) in [4.78, 5) is 9.21. The summed E-state index contributed by atoms with van der Waals surface area (Å²) in [6.45, 7) is 5.30. The molecule has 2 N–H and O–H groups in total. The molecule has 0 atom stereocenters. The summed E-state index contributed by atoms with van der Waals surface area (Å²) in [6, 6.07) is 4.31. The SMILES string of the molecule is CCN(CCc1cccs1)Cc1cnc(N)s1.Cl. The minimum Gasteiger partial charge on any atom is -0.375 e. The lowest BCUT2D eigenvalue weighted by molar-refractivity contribution is 0.286. The van der Waals surface area contributed by atoms with E-state index in [0.717, 1.165) is 26.1 Å². The number of thiazole rings is 1. The van der Waals surface area contributed by atoms with Crippen molar-refractivity contribution < 1.29 is 0 Å². The van der Waals surface area contributed by atoms with Gasteiger partial charge in [0.05, 0.1) is 0 Å². The summed E-state index contributed by atoms with van der Waals surface area (Å²) in [5.74, 6) is 0. The van der Waals surface area contributed by atoms with Gasteiger partial charge in [0.1, 0.15) is 0 Å². The summed E-state index contributed by atoms with van der Waals surface area (Å²) in [7, 11) is 0. The zero-order valence-electron chi connectivity index (χ0n) is 10.3. The fourth-order valence-electron chi connectivity index (χ4n) is 1.69. The van der Waals surface area contributed by atoms with Gasteiger partial charge in [0.25, 0.3) is 0 Å². The van der Waals surface area contributed by atoms with Gasteiger partial charge in [-0.1, -0.05) is 13.0 Å². The van der Waals surface area contributed by atoms with Crippen molar-refractivity contribution in [3.63, 3.8) is 0 Å². The minimum atomic E-state index is 0. The molecule has 0 spiro atoms. The molecule has 0 amide bonds. The van der Waals surface area contributed by atoms with Crippen molar-refractivity contribution in [1.82, 2.24) is 9.88 Å². The van der Waals surface area contributed by atoms with E-state index < -0.39 is 0 Å². The van der Waals surface area contributed by atoms with Crippen LogP contribution in [-0.2, 0) is 13.0 Å². The number of nitrogens with zero attached hydrogens (tertiary/aromatic N) is 2. The van der Waals surface area contributed by atoms with Crippen molar-refractivity contribution in [3.8, 4) is 0 Å². The lowest BCUT2D eigenvalue weighted by Crippen LogP contribution is -2.24. The van der Waals surface area contributed by atoms with Crippen LogP contribution in [0.25, 0.3) is 0 Å². The Labute approximate surface area is 122 Å². The number of anilines is 1. The molecular formula is C12H18ClN3S2. The van der Waals surface area contributed by atoms with Crippen LogP contribution in [0.1, 0.15) is 16.7 Å². The van der Waals surface area contributed by atoms with E-state index in [9.17, 15) is 0 Å². The molecular weight excluding hydrogens is 286 g/mol. The summed E-state index contributed by atoms with van der Waals surface area (Å²) >= 11 is 3.41. The predicted molar refractivity (Wildman–Crippen MR) is 82.7 cm³/mol. The molecule has 2 heterocycles. The molecule has 18 heavy (non-hydrogen) atoms. The lowest BCUT2D eigenvalue weighted by atomic mass is 10.3. The van der Waals surface area contributed by atoms with E-state index in [4.69, 9.17) is 5.73 Å². The van der Waals surface area contributed by atoms with Gasteiger partial charge in [0.15, 0.2) is 5.13 Å². The van der Waals surface area contributed by atoms with Gasteiger partial charge in [-0.15, -0.1) is 35.1 Å². The predicted octanol–water partition coefficient (Wildman–Crippen LogP) is 3.27. The molecule has 3 nitrogen and oxygen atoms in total. The second kappa shape index (κ2) is 7.74. The molecule has 2 aromatic heterocycles. The molecule has 0 radical (unpaired) electrons. The van der Waals surface area contributed by atoms with Crippen LogP contribution in [0.2, 0.25) is 0 Å². The summed E-state index contributed by atoms with van der Waals surface area (Å²) in [5, 5.41) is 2.80. The standard InChI is InChI=1S/C12H17N3S2.ClH/c1-2-15(6-5-10-4-3-7-16-10)9-11-8-14-12(13)17-11;/h3-4,7-8H,2,5-6,9H2,1H3,(H2,13,14);1H. The van der Waals surface area contributed by atoms with Gasteiger partial charge in [-0.05, 0) is 24.4 Å². The number of nitrogens with two attached hydrogens (primary N) is 1. The normalized spacial score (nSPS) is 10.6. The number of hydrogen-bond donors (Lipinski definition) is 1.